The van der Waals surface area contributed by atoms with E-state index >= 15 is 0 Å². The van der Waals surface area contributed by atoms with Crippen LogP contribution in [0.25, 0.3) is 0 Å². The molecule has 170 valence electrons. The average Bonchev–Trinajstić information content (AvgIpc) is 3.48. The van der Waals surface area contributed by atoms with E-state index in [1.807, 2.05) is 36.4 Å². The van der Waals surface area contributed by atoms with E-state index < -0.39 is 16.6 Å². The maximum Gasteiger partial charge on any atom is 0.324 e. The van der Waals surface area contributed by atoms with Crippen LogP contribution in [0.5, 0.6) is 5.75 Å². The lowest BCUT2D eigenvalue weighted by molar-refractivity contribution is -0.121. The normalized spacial score (nSPS) is 19.4. The highest BCUT2D eigenvalue weighted by Crippen LogP contribution is 2.46. The van der Waals surface area contributed by atoms with Crippen LogP contribution >= 0.6 is 0 Å². The van der Waals surface area contributed by atoms with Crippen LogP contribution in [0.15, 0.2) is 36.4 Å². The summed E-state index contributed by atoms with van der Waals surface area (Å²) >= 11 is 0. The first-order chi connectivity index (χ1) is 14.7. The van der Waals surface area contributed by atoms with Crippen molar-refractivity contribution in [2.24, 2.45) is 0 Å². The molecule has 1 saturated carbocycles. The van der Waals surface area contributed by atoms with Gasteiger partial charge in [0.05, 0.1) is 22.1 Å². The molecule has 1 heterocycles. The van der Waals surface area contributed by atoms with Crippen LogP contribution < -0.4 is 14.8 Å². The first-order valence-electron chi connectivity index (χ1n) is 10.5. The van der Waals surface area contributed by atoms with Crippen molar-refractivity contribution < 1.29 is 23.6 Å². The Kier molecular flexibility index (Phi) is 7.51. The van der Waals surface area contributed by atoms with Crippen molar-refractivity contribution in [3.05, 3.63) is 42.0 Å². The van der Waals surface area contributed by atoms with Crippen molar-refractivity contribution >= 4 is 22.9 Å². The highest BCUT2D eigenvalue weighted by molar-refractivity contribution is 7.83. The molecule has 1 atom stereocenters. The average molecular weight is 450 g/mol. The smallest absolute Gasteiger partial charge is 0.324 e. The number of allylic oxidation sites excluding steroid dienone is 1. The van der Waals surface area contributed by atoms with E-state index in [1.54, 1.807) is 18.7 Å². The predicted molar refractivity (Wildman–Crippen MR) is 119 cm³/mol. The number of carbonyl (C=O) groups excluding carboxylic acids is 2. The zero-order chi connectivity index (χ0) is 22.5. The number of nitrogens with one attached hydrogen (secondary N) is 2. The number of aliphatic hydroxyl groups is 1. The monoisotopic (exact) mass is 449 g/mol. The Labute approximate surface area is 185 Å². The number of rotatable bonds is 11. The Morgan fingerprint density at radius 2 is 2.10 bits per heavy atom. The quantitative estimate of drug-likeness (QED) is 0.448. The van der Waals surface area contributed by atoms with Crippen LogP contribution in [-0.4, -0.2) is 57.2 Å². The van der Waals surface area contributed by atoms with Crippen LogP contribution in [0.3, 0.4) is 0 Å². The van der Waals surface area contributed by atoms with Crippen LogP contribution in [0, 0.1) is 0 Å². The SMILES string of the molecule is CC(C)(O)COc1cccc(C2(NS(=O)CC/C=C/CN3CCC(=O)NC3=O)CC2)c1. The number of hydrogen-bond acceptors (Lipinski definition) is 5. The molecule has 2 aliphatic rings. The van der Waals surface area contributed by atoms with Gasteiger partial charge in [-0.2, -0.15) is 0 Å². The zero-order valence-electron chi connectivity index (χ0n) is 18.1. The van der Waals surface area contributed by atoms with Crippen molar-refractivity contribution in [2.45, 2.75) is 50.7 Å². The van der Waals surface area contributed by atoms with E-state index in [0.29, 0.717) is 37.4 Å². The molecule has 3 rings (SSSR count). The molecule has 1 unspecified atom stereocenters. The van der Waals surface area contributed by atoms with Crippen molar-refractivity contribution in [3.63, 3.8) is 0 Å². The summed E-state index contributed by atoms with van der Waals surface area (Å²) in [6.45, 7) is 4.44. The van der Waals surface area contributed by atoms with Gasteiger partial charge in [-0.3, -0.25) is 10.1 Å². The van der Waals surface area contributed by atoms with Crippen LogP contribution in [0.2, 0.25) is 0 Å². The summed E-state index contributed by atoms with van der Waals surface area (Å²) in [4.78, 5) is 24.4. The van der Waals surface area contributed by atoms with Crippen molar-refractivity contribution in [1.82, 2.24) is 14.9 Å². The number of carbonyl (C=O) groups is 2. The number of ether oxygens (including phenoxy) is 1. The lowest BCUT2D eigenvalue weighted by Gasteiger charge is -2.25. The molecule has 31 heavy (non-hydrogen) atoms. The number of nitrogens with zero attached hydrogens (tertiary/aromatic N) is 1. The molecule has 0 bridgehead atoms. The molecule has 9 heteroatoms. The van der Waals surface area contributed by atoms with Gasteiger partial charge in [0.25, 0.3) is 0 Å². The first-order valence-corrected chi connectivity index (χ1v) is 11.8. The lowest BCUT2D eigenvalue weighted by atomic mass is 10.1. The largest absolute Gasteiger partial charge is 0.491 e. The third kappa shape index (κ3) is 7.15. The molecule has 0 radical (unpaired) electrons. The molecule has 1 aromatic rings. The van der Waals surface area contributed by atoms with Crippen LogP contribution in [0.1, 0.15) is 45.1 Å². The van der Waals surface area contributed by atoms with Gasteiger partial charge in [-0.15, -0.1) is 0 Å². The van der Waals surface area contributed by atoms with Gasteiger partial charge in [0, 0.05) is 25.3 Å². The van der Waals surface area contributed by atoms with E-state index in [2.05, 4.69) is 10.0 Å². The summed E-state index contributed by atoms with van der Waals surface area (Å²) in [7, 11) is -1.19. The van der Waals surface area contributed by atoms with Crippen LogP contribution in [-0.2, 0) is 21.3 Å². The van der Waals surface area contributed by atoms with E-state index in [4.69, 9.17) is 4.74 Å². The molecule has 3 amide bonds. The fourth-order valence-electron chi connectivity index (χ4n) is 3.25. The Hall–Kier alpha value is -2.23. The lowest BCUT2D eigenvalue weighted by Crippen LogP contribution is -2.49. The number of amides is 3. The van der Waals surface area contributed by atoms with Gasteiger partial charge in [0.1, 0.15) is 12.4 Å². The molecular weight excluding hydrogens is 418 g/mol. The summed E-state index contributed by atoms with van der Waals surface area (Å²) in [5.41, 5.74) is -0.160. The van der Waals surface area contributed by atoms with Gasteiger partial charge in [0.15, 0.2) is 0 Å². The Morgan fingerprint density at radius 1 is 1.32 bits per heavy atom. The summed E-state index contributed by atoms with van der Waals surface area (Å²) in [6.07, 6.45) is 6.54. The second-order valence-electron chi connectivity index (χ2n) is 8.67. The van der Waals surface area contributed by atoms with Crippen molar-refractivity contribution in [1.29, 1.82) is 0 Å². The minimum Gasteiger partial charge on any atom is -0.491 e. The maximum absolute atomic E-state index is 12.6. The summed E-state index contributed by atoms with van der Waals surface area (Å²) in [6, 6.07) is 7.34. The van der Waals surface area contributed by atoms with Crippen molar-refractivity contribution in [3.8, 4) is 5.75 Å². The highest BCUT2D eigenvalue weighted by atomic mass is 32.2. The predicted octanol–water partition coefficient (Wildman–Crippen LogP) is 1.97. The summed E-state index contributed by atoms with van der Waals surface area (Å²) in [5, 5.41) is 12.1. The highest BCUT2D eigenvalue weighted by Gasteiger charge is 2.45. The Morgan fingerprint density at radius 3 is 2.77 bits per heavy atom. The Bertz CT molecular complexity index is 861. The molecule has 1 aliphatic heterocycles. The number of hydrogen-bond donors (Lipinski definition) is 3. The van der Waals surface area contributed by atoms with Gasteiger partial charge < -0.3 is 14.7 Å². The molecular formula is C22H31N3O5S. The van der Waals surface area contributed by atoms with Gasteiger partial charge in [-0.25, -0.2) is 13.7 Å². The molecule has 0 aromatic heterocycles. The first kappa shape index (κ1) is 23.4. The fourth-order valence-corrected chi connectivity index (χ4v) is 4.46. The number of imide groups is 1. The van der Waals surface area contributed by atoms with E-state index in [9.17, 15) is 18.9 Å². The van der Waals surface area contributed by atoms with E-state index in [0.717, 1.165) is 18.4 Å². The van der Waals surface area contributed by atoms with Crippen LogP contribution in [0.4, 0.5) is 4.79 Å². The number of benzene rings is 1. The third-order valence-corrected chi connectivity index (χ3v) is 6.37. The van der Waals surface area contributed by atoms with Crippen molar-refractivity contribution in [2.75, 3.05) is 25.4 Å². The molecule has 1 saturated heterocycles. The standard InChI is InChI=1S/C22H31N3O5S/c1-21(2,28)16-30-18-8-6-7-17(15-18)22(10-11-22)24-31(29)14-5-3-4-12-25-13-9-19(26)23-20(25)27/h3-4,6-8,15,24,28H,5,9-14,16H2,1-2H3,(H,23,26,27)/b4-3+. The topological polar surface area (TPSA) is 108 Å². The summed E-state index contributed by atoms with van der Waals surface area (Å²) in [5.74, 6) is 0.914. The van der Waals surface area contributed by atoms with Gasteiger partial charge in [-0.1, -0.05) is 24.3 Å². The maximum atomic E-state index is 12.6. The number of urea groups is 1. The second kappa shape index (κ2) is 9.93. The summed E-state index contributed by atoms with van der Waals surface area (Å²) < 4.78 is 21.5. The molecule has 8 nitrogen and oxygen atoms in total. The van der Waals surface area contributed by atoms with Gasteiger partial charge >= 0.3 is 6.03 Å². The minimum absolute atomic E-state index is 0.199. The molecule has 3 N–H and O–H groups in total. The second-order valence-corrected chi connectivity index (χ2v) is 9.98. The molecule has 1 aromatic carbocycles. The molecule has 0 spiro atoms. The van der Waals surface area contributed by atoms with E-state index in [1.165, 1.54) is 0 Å². The Balaban J connectivity index is 1.44. The molecule has 2 fully saturated rings. The molecule has 1 aliphatic carbocycles. The van der Waals surface area contributed by atoms with E-state index in [-0.39, 0.29) is 24.1 Å². The zero-order valence-corrected chi connectivity index (χ0v) is 18.9. The van der Waals surface area contributed by atoms with Gasteiger partial charge in [-0.05, 0) is 50.8 Å². The third-order valence-electron chi connectivity index (χ3n) is 5.14. The fraction of sp³-hybridized carbons (Fsp3) is 0.545. The minimum atomic E-state index is -1.19. The van der Waals surface area contributed by atoms with Gasteiger partial charge in [0.2, 0.25) is 5.91 Å².